The van der Waals surface area contributed by atoms with Crippen LogP contribution in [-0.2, 0) is 12.8 Å². The summed E-state index contributed by atoms with van der Waals surface area (Å²) in [7, 11) is 0. The van der Waals surface area contributed by atoms with E-state index in [-0.39, 0.29) is 0 Å². The Morgan fingerprint density at radius 1 is 1.29 bits per heavy atom. The highest BCUT2D eigenvalue weighted by Gasteiger charge is 2.07. The van der Waals surface area contributed by atoms with E-state index in [9.17, 15) is 0 Å². The van der Waals surface area contributed by atoms with Gasteiger partial charge in [0.2, 0.25) is 0 Å². The molecule has 0 saturated heterocycles. The molecule has 0 aliphatic heterocycles. The lowest BCUT2D eigenvalue weighted by atomic mass is 10.2. The molecule has 0 aliphatic rings. The molecule has 0 saturated carbocycles. The normalized spacial score (nSPS) is 10.5. The Bertz CT molecular complexity index is 470. The van der Waals surface area contributed by atoms with Crippen LogP contribution in [0.25, 0.3) is 0 Å². The van der Waals surface area contributed by atoms with Crippen LogP contribution in [-0.4, -0.2) is 31.7 Å². The van der Waals surface area contributed by atoms with Crippen LogP contribution in [0.5, 0.6) is 0 Å². The molecule has 0 atom stereocenters. The topological polar surface area (TPSA) is 79.4 Å². The Hall–Kier alpha value is -1.69. The van der Waals surface area contributed by atoms with Gasteiger partial charge in [-0.3, -0.25) is 5.10 Å². The maximum atomic E-state index is 5.99. The van der Waals surface area contributed by atoms with Gasteiger partial charge in [0.1, 0.15) is 29.5 Å². The number of rotatable bonds is 5. The van der Waals surface area contributed by atoms with E-state index in [2.05, 4.69) is 30.5 Å². The number of halogens is 1. The predicted molar refractivity (Wildman–Crippen MR) is 65.0 cm³/mol. The average Bonchev–Trinajstić information content (AvgIpc) is 2.82. The van der Waals surface area contributed by atoms with Gasteiger partial charge in [0, 0.05) is 18.5 Å². The second kappa shape index (κ2) is 5.58. The number of nitrogens with one attached hydrogen (secondary N) is 2. The van der Waals surface area contributed by atoms with Crippen molar-refractivity contribution in [1.29, 1.82) is 0 Å². The molecule has 0 spiro atoms. The van der Waals surface area contributed by atoms with Crippen LogP contribution >= 0.6 is 11.6 Å². The summed E-state index contributed by atoms with van der Waals surface area (Å²) in [6.07, 6.45) is 4.50. The smallest absolute Gasteiger partial charge is 0.137 e. The molecule has 0 amide bonds. The van der Waals surface area contributed by atoms with E-state index in [1.807, 2.05) is 6.92 Å². The molecule has 0 aromatic carbocycles. The molecule has 17 heavy (non-hydrogen) atoms. The van der Waals surface area contributed by atoms with E-state index in [0.29, 0.717) is 5.15 Å². The number of aromatic nitrogens is 5. The maximum absolute atomic E-state index is 5.99. The molecule has 2 aromatic rings. The van der Waals surface area contributed by atoms with Gasteiger partial charge >= 0.3 is 0 Å². The summed E-state index contributed by atoms with van der Waals surface area (Å²) in [5.74, 6) is 1.63. The summed E-state index contributed by atoms with van der Waals surface area (Å²) in [4.78, 5) is 12.2. The molecule has 0 radical (unpaired) electrons. The van der Waals surface area contributed by atoms with Gasteiger partial charge in [0.25, 0.3) is 0 Å². The number of H-pyrrole nitrogens is 1. The minimum Gasteiger partial charge on any atom is -0.369 e. The number of hydrogen-bond acceptors (Lipinski definition) is 5. The van der Waals surface area contributed by atoms with E-state index in [0.717, 1.165) is 36.6 Å². The summed E-state index contributed by atoms with van der Waals surface area (Å²) in [6, 6.07) is 0. The first-order valence-corrected chi connectivity index (χ1v) is 5.76. The third-order valence-electron chi connectivity index (χ3n) is 2.37. The van der Waals surface area contributed by atoms with Gasteiger partial charge in [-0.25, -0.2) is 15.0 Å². The number of anilines is 1. The Balaban J connectivity index is 1.97. The van der Waals surface area contributed by atoms with Crippen LogP contribution in [0.4, 0.5) is 5.82 Å². The third kappa shape index (κ3) is 2.91. The van der Waals surface area contributed by atoms with Crippen molar-refractivity contribution in [3.63, 3.8) is 0 Å². The van der Waals surface area contributed by atoms with Crippen molar-refractivity contribution in [2.24, 2.45) is 0 Å². The van der Waals surface area contributed by atoms with Gasteiger partial charge < -0.3 is 5.32 Å². The fourth-order valence-corrected chi connectivity index (χ4v) is 1.77. The summed E-state index contributed by atoms with van der Waals surface area (Å²) >= 11 is 5.99. The maximum Gasteiger partial charge on any atom is 0.137 e. The van der Waals surface area contributed by atoms with Crippen molar-refractivity contribution >= 4 is 17.4 Å². The van der Waals surface area contributed by atoms with Gasteiger partial charge in [-0.05, 0) is 6.42 Å². The van der Waals surface area contributed by atoms with Crippen molar-refractivity contribution in [2.75, 3.05) is 11.9 Å². The quantitative estimate of drug-likeness (QED) is 0.788. The van der Waals surface area contributed by atoms with Crippen molar-refractivity contribution in [2.45, 2.75) is 19.8 Å². The average molecular weight is 253 g/mol. The summed E-state index contributed by atoms with van der Waals surface area (Å²) in [5.41, 5.74) is 0.937. The Morgan fingerprint density at radius 2 is 2.18 bits per heavy atom. The van der Waals surface area contributed by atoms with E-state index in [4.69, 9.17) is 11.6 Å². The Morgan fingerprint density at radius 3 is 2.88 bits per heavy atom. The minimum atomic E-state index is 0.504. The highest BCUT2D eigenvalue weighted by molar-refractivity contribution is 6.30. The lowest BCUT2D eigenvalue weighted by Crippen LogP contribution is -2.10. The van der Waals surface area contributed by atoms with Crippen molar-refractivity contribution in [1.82, 2.24) is 25.1 Å². The van der Waals surface area contributed by atoms with Gasteiger partial charge in [0.15, 0.2) is 0 Å². The number of nitrogens with zero attached hydrogens (tertiary/aromatic N) is 4. The highest BCUT2D eigenvalue weighted by Crippen LogP contribution is 2.19. The van der Waals surface area contributed by atoms with E-state index >= 15 is 0 Å². The number of aromatic amines is 1. The summed E-state index contributed by atoms with van der Waals surface area (Å²) < 4.78 is 0. The number of hydrogen-bond donors (Lipinski definition) is 2. The monoisotopic (exact) mass is 252 g/mol. The van der Waals surface area contributed by atoms with Crippen LogP contribution in [0.3, 0.4) is 0 Å². The van der Waals surface area contributed by atoms with Crippen LogP contribution in [0.1, 0.15) is 18.3 Å². The van der Waals surface area contributed by atoms with Crippen LogP contribution in [0, 0.1) is 0 Å². The third-order valence-corrected chi connectivity index (χ3v) is 2.69. The molecule has 0 bridgehead atoms. The zero-order valence-electron chi connectivity index (χ0n) is 9.44. The molecule has 2 aromatic heterocycles. The molecular formula is C10H13ClN6. The molecule has 2 N–H and O–H groups in total. The Kier molecular flexibility index (Phi) is 3.87. The lowest BCUT2D eigenvalue weighted by molar-refractivity contribution is 0.891. The SMILES string of the molecule is CCc1c(Cl)ncnc1NCCc1ncn[nH]1. The molecule has 7 heteroatoms. The minimum absolute atomic E-state index is 0.504. The van der Waals surface area contributed by atoms with Crippen LogP contribution in [0.15, 0.2) is 12.7 Å². The Labute approximate surface area is 104 Å². The van der Waals surface area contributed by atoms with Gasteiger partial charge in [0.05, 0.1) is 0 Å². The van der Waals surface area contributed by atoms with E-state index < -0.39 is 0 Å². The van der Waals surface area contributed by atoms with Crippen molar-refractivity contribution < 1.29 is 0 Å². The van der Waals surface area contributed by atoms with Crippen LogP contribution in [0.2, 0.25) is 5.15 Å². The molecule has 6 nitrogen and oxygen atoms in total. The van der Waals surface area contributed by atoms with Gasteiger partial charge in [-0.1, -0.05) is 18.5 Å². The first-order valence-electron chi connectivity index (χ1n) is 5.38. The molecule has 90 valence electrons. The molecule has 2 rings (SSSR count). The summed E-state index contributed by atoms with van der Waals surface area (Å²) in [6.45, 7) is 2.74. The van der Waals surface area contributed by atoms with E-state index in [1.54, 1.807) is 0 Å². The van der Waals surface area contributed by atoms with Crippen LogP contribution < -0.4 is 5.32 Å². The fraction of sp³-hybridized carbons (Fsp3) is 0.400. The largest absolute Gasteiger partial charge is 0.369 e. The first-order chi connectivity index (χ1) is 8.31. The molecule has 0 aliphatic carbocycles. The van der Waals surface area contributed by atoms with Gasteiger partial charge in [-0.2, -0.15) is 5.10 Å². The standard InChI is InChI=1S/C10H13ClN6/c1-2-7-9(11)14-5-15-10(7)12-4-3-8-13-6-16-17-8/h5-6H,2-4H2,1H3,(H,12,14,15)(H,13,16,17). The fourth-order valence-electron chi connectivity index (χ4n) is 1.51. The molecule has 2 heterocycles. The molecule has 0 fully saturated rings. The van der Waals surface area contributed by atoms with Crippen molar-refractivity contribution in [3.8, 4) is 0 Å². The summed E-state index contributed by atoms with van der Waals surface area (Å²) in [5, 5.41) is 10.3. The lowest BCUT2D eigenvalue weighted by Gasteiger charge is -2.09. The predicted octanol–water partition coefficient (Wildman–Crippen LogP) is 1.47. The second-order valence-corrected chi connectivity index (χ2v) is 3.81. The highest BCUT2D eigenvalue weighted by atomic mass is 35.5. The van der Waals surface area contributed by atoms with E-state index in [1.165, 1.54) is 12.7 Å². The first kappa shape index (κ1) is 11.8. The molecular weight excluding hydrogens is 240 g/mol. The zero-order chi connectivity index (χ0) is 12.1. The van der Waals surface area contributed by atoms with Crippen molar-refractivity contribution in [3.05, 3.63) is 29.2 Å². The second-order valence-electron chi connectivity index (χ2n) is 3.45. The zero-order valence-corrected chi connectivity index (χ0v) is 10.2. The molecule has 0 unspecified atom stereocenters. The van der Waals surface area contributed by atoms with Gasteiger partial charge in [-0.15, -0.1) is 0 Å².